The number of alkyl halides is 1. The van der Waals surface area contributed by atoms with E-state index in [-0.39, 0.29) is 5.41 Å². The monoisotopic (exact) mass is 236 g/mol. The SMILES string of the molecule is CC1=C(/C=C/C(=C/C=O)CF)C(C)(C)CCC1. The Morgan fingerprint density at radius 1 is 1.47 bits per heavy atom. The van der Waals surface area contributed by atoms with Crippen molar-refractivity contribution in [2.45, 2.75) is 40.0 Å². The smallest absolute Gasteiger partial charge is 0.143 e. The number of rotatable bonds is 4. The van der Waals surface area contributed by atoms with Crippen LogP contribution >= 0.6 is 0 Å². The number of carbonyl (C=O) groups excluding carboxylic acids is 1. The van der Waals surface area contributed by atoms with Crippen LogP contribution in [-0.4, -0.2) is 13.0 Å². The molecular weight excluding hydrogens is 215 g/mol. The maximum Gasteiger partial charge on any atom is 0.143 e. The Balaban J connectivity index is 2.95. The summed E-state index contributed by atoms with van der Waals surface area (Å²) in [5, 5.41) is 0. The van der Waals surface area contributed by atoms with E-state index in [0.717, 1.165) is 12.8 Å². The van der Waals surface area contributed by atoms with Crippen LogP contribution in [0.2, 0.25) is 0 Å². The zero-order valence-corrected chi connectivity index (χ0v) is 10.9. The van der Waals surface area contributed by atoms with Gasteiger partial charge in [-0.3, -0.25) is 4.79 Å². The third kappa shape index (κ3) is 3.65. The lowest BCUT2D eigenvalue weighted by Gasteiger charge is -2.32. The fourth-order valence-electron chi connectivity index (χ4n) is 2.43. The molecule has 0 aromatic rings. The summed E-state index contributed by atoms with van der Waals surface area (Å²) in [4.78, 5) is 10.3. The van der Waals surface area contributed by atoms with Crippen LogP contribution in [0.15, 0.2) is 34.9 Å². The van der Waals surface area contributed by atoms with Crippen LogP contribution in [0.1, 0.15) is 40.0 Å². The van der Waals surface area contributed by atoms with Gasteiger partial charge in [-0.15, -0.1) is 0 Å². The van der Waals surface area contributed by atoms with E-state index < -0.39 is 6.67 Å². The molecule has 0 bridgehead atoms. The zero-order chi connectivity index (χ0) is 12.9. The van der Waals surface area contributed by atoms with E-state index in [1.807, 2.05) is 6.08 Å². The fraction of sp³-hybridized carbons (Fsp3) is 0.533. The molecule has 2 heteroatoms. The highest BCUT2D eigenvalue weighted by Gasteiger charge is 2.26. The number of halogens is 1. The van der Waals surface area contributed by atoms with E-state index in [1.165, 1.54) is 23.6 Å². The van der Waals surface area contributed by atoms with Crippen LogP contribution in [0.5, 0.6) is 0 Å². The lowest BCUT2D eigenvalue weighted by atomic mass is 9.72. The van der Waals surface area contributed by atoms with Crippen molar-refractivity contribution in [1.82, 2.24) is 0 Å². The summed E-state index contributed by atoms with van der Waals surface area (Å²) in [6.45, 7) is 5.98. The van der Waals surface area contributed by atoms with Gasteiger partial charge in [0.15, 0.2) is 0 Å². The minimum Gasteiger partial charge on any atom is -0.299 e. The molecule has 0 radical (unpaired) electrons. The Labute approximate surface area is 103 Å². The minimum atomic E-state index is -0.595. The average molecular weight is 236 g/mol. The predicted octanol–water partition coefficient (Wildman–Crippen LogP) is 4.16. The van der Waals surface area contributed by atoms with Gasteiger partial charge in [0, 0.05) is 0 Å². The number of hydrogen-bond donors (Lipinski definition) is 0. The molecule has 0 heterocycles. The van der Waals surface area contributed by atoms with Gasteiger partial charge in [0.25, 0.3) is 0 Å². The molecule has 0 spiro atoms. The van der Waals surface area contributed by atoms with Crippen molar-refractivity contribution in [2.75, 3.05) is 6.67 Å². The zero-order valence-electron chi connectivity index (χ0n) is 10.9. The van der Waals surface area contributed by atoms with Crippen LogP contribution in [0.25, 0.3) is 0 Å². The number of hydrogen-bond acceptors (Lipinski definition) is 1. The van der Waals surface area contributed by atoms with Gasteiger partial charge in [-0.1, -0.05) is 31.6 Å². The summed E-state index contributed by atoms with van der Waals surface area (Å²) < 4.78 is 12.6. The summed E-state index contributed by atoms with van der Waals surface area (Å²) >= 11 is 0. The second-order valence-electron chi connectivity index (χ2n) is 5.28. The first-order chi connectivity index (χ1) is 8.01. The van der Waals surface area contributed by atoms with E-state index >= 15 is 0 Å². The van der Waals surface area contributed by atoms with Crippen molar-refractivity contribution in [3.63, 3.8) is 0 Å². The molecule has 0 saturated heterocycles. The summed E-state index contributed by atoms with van der Waals surface area (Å²) in [6, 6.07) is 0. The van der Waals surface area contributed by atoms with Crippen LogP contribution in [-0.2, 0) is 4.79 Å². The number of carbonyl (C=O) groups is 1. The highest BCUT2D eigenvalue weighted by molar-refractivity contribution is 5.67. The standard InChI is InChI=1S/C15H21FO/c1-12-5-4-9-15(2,3)14(12)7-6-13(11-16)8-10-17/h6-8,10H,4-5,9,11H2,1-3H3/b7-6+,13-8-. The Kier molecular flexibility index (Phi) is 4.86. The Morgan fingerprint density at radius 3 is 2.71 bits per heavy atom. The van der Waals surface area contributed by atoms with Crippen LogP contribution in [0, 0.1) is 5.41 Å². The predicted molar refractivity (Wildman–Crippen MR) is 69.6 cm³/mol. The molecule has 94 valence electrons. The van der Waals surface area contributed by atoms with Crippen LogP contribution in [0.4, 0.5) is 4.39 Å². The van der Waals surface area contributed by atoms with Gasteiger partial charge in [0.1, 0.15) is 13.0 Å². The molecular formula is C15H21FO. The van der Waals surface area contributed by atoms with Gasteiger partial charge in [-0.05, 0) is 48.8 Å². The van der Waals surface area contributed by atoms with Crippen molar-refractivity contribution in [2.24, 2.45) is 5.41 Å². The molecule has 0 N–H and O–H groups in total. The molecule has 0 atom stereocenters. The van der Waals surface area contributed by atoms with Crippen LogP contribution < -0.4 is 0 Å². The largest absolute Gasteiger partial charge is 0.299 e. The molecule has 0 aromatic carbocycles. The first kappa shape index (κ1) is 13.9. The van der Waals surface area contributed by atoms with Crippen molar-refractivity contribution in [3.8, 4) is 0 Å². The summed E-state index contributed by atoms with van der Waals surface area (Å²) in [5.41, 5.74) is 3.25. The number of allylic oxidation sites excluding steroid dienone is 6. The first-order valence-corrected chi connectivity index (χ1v) is 6.10. The third-order valence-electron chi connectivity index (χ3n) is 3.44. The molecule has 17 heavy (non-hydrogen) atoms. The Bertz CT molecular complexity index is 372. The number of aldehydes is 1. The highest BCUT2D eigenvalue weighted by Crippen LogP contribution is 2.40. The normalized spacial score (nSPS) is 21.1. The Morgan fingerprint density at radius 2 is 2.18 bits per heavy atom. The van der Waals surface area contributed by atoms with Gasteiger partial charge in [-0.2, -0.15) is 0 Å². The van der Waals surface area contributed by atoms with Crippen molar-refractivity contribution in [1.29, 1.82) is 0 Å². The van der Waals surface area contributed by atoms with E-state index in [0.29, 0.717) is 11.9 Å². The maximum absolute atomic E-state index is 12.6. The lowest BCUT2D eigenvalue weighted by Crippen LogP contribution is -2.19. The van der Waals surface area contributed by atoms with E-state index in [2.05, 4.69) is 20.8 Å². The lowest BCUT2D eigenvalue weighted by molar-refractivity contribution is -0.104. The van der Waals surface area contributed by atoms with Crippen molar-refractivity contribution in [3.05, 3.63) is 34.9 Å². The van der Waals surface area contributed by atoms with Gasteiger partial charge in [0.05, 0.1) is 0 Å². The summed E-state index contributed by atoms with van der Waals surface area (Å²) in [6.07, 6.45) is 9.10. The molecule has 0 aliphatic heterocycles. The van der Waals surface area contributed by atoms with Crippen molar-refractivity contribution < 1.29 is 9.18 Å². The quantitative estimate of drug-likeness (QED) is 0.407. The molecule has 0 saturated carbocycles. The molecule has 1 rings (SSSR count). The molecule has 1 aliphatic rings. The molecule has 0 aromatic heterocycles. The first-order valence-electron chi connectivity index (χ1n) is 6.10. The van der Waals surface area contributed by atoms with Gasteiger partial charge in [0.2, 0.25) is 0 Å². The Hall–Kier alpha value is -1.18. The van der Waals surface area contributed by atoms with Gasteiger partial charge in [-0.25, -0.2) is 4.39 Å². The van der Waals surface area contributed by atoms with E-state index in [9.17, 15) is 9.18 Å². The van der Waals surface area contributed by atoms with Crippen LogP contribution in [0.3, 0.4) is 0 Å². The minimum absolute atomic E-state index is 0.154. The molecule has 0 unspecified atom stereocenters. The maximum atomic E-state index is 12.6. The molecule has 0 fully saturated rings. The summed E-state index contributed by atoms with van der Waals surface area (Å²) in [7, 11) is 0. The average Bonchev–Trinajstić information content (AvgIpc) is 2.26. The van der Waals surface area contributed by atoms with Gasteiger partial charge >= 0.3 is 0 Å². The topological polar surface area (TPSA) is 17.1 Å². The molecule has 1 aliphatic carbocycles. The van der Waals surface area contributed by atoms with Gasteiger partial charge < -0.3 is 0 Å². The molecule has 1 nitrogen and oxygen atoms in total. The third-order valence-corrected chi connectivity index (χ3v) is 3.44. The van der Waals surface area contributed by atoms with E-state index in [1.54, 1.807) is 6.08 Å². The summed E-state index contributed by atoms with van der Waals surface area (Å²) in [5.74, 6) is 0. The second kappa shape index (κ2) is 5.95. The van der Waals surface area contributed by atoms with Crippen molar-refractivity contribution >= 4 is 6.29 Å². The fourth-order valence-corrected chi connectivity index (χ4v) is 2.43. The highest BCUT2D eigenvalue weighted by atomic mass is 19.1. The second-order valence-corrected chi connectivity index (χ2v) is 5.28. The molecule has 0 amide bonds. The van der Waals surface area contributed by atoms with E-state index in [4.69, 9.17) is 0 Å².